The minimum absolute atomic E-state index is 0.00979. The molecule has 0 aliphatic carbocycles. The highest BCUT2D eigenvalue weighted by molar-refractivity contribution is 8.13. The lowest BCUT2D eigenvalue weighted by Gasteiger charge is -2.10. The maximum Gasteiger partial charge on any atom is 0.435 e. The van der Waals surface area contributed by atoms with Crippen LogP contribution in [0, 0.1) is 5.41 Å². The van der Waals surface area contributed by atoms with Crippen molar-refractivity contribution in [3.05, 3.63) is 47.2 Å². The highest BCUT2D eigenvalue weighted by Gasteiger charge is 2.39. The molecule has 0 fully saturated rings. The van der Waals surface area contributed by atoms with Crippen molar-refractivity contribution in [3.8, 4) is 5.88 Å². The van der Waals surface area contributed by atoms with Crippen LogP contribution in [0.4, 0.5) is 22.0 Å². The van der Waals surface area contributed by atoms with Gasteiger partial charge in [-0.1, -0.05) is 30.3 Å². The molecule has 1 N–H and O–H groups in total. The van der Waals surface area contributed by atoms with E-state index >= 15 is 0 Å². The summed E-state index contributed by atoms with van der Waals surface area (Å²) < 4.78 is 68.8. The van der Waals surface area contributed by atoms with E-state index in [2.05, 4.69) is 9.84 Å². The van der Waals surface area contributed by atoms with Crippen molar-refractivity contribution in [1.29, 1.82) is 5.41 Å². The lowest BCUT2D eigenvalue weighted by molar-refractivity contribution is -0.142. The van der Waals surface area contributed by atoms with Crippen molar-refractivity contribution >= 4 is 16.8 Å². The maximum absolute atomic E-state index is 13.0. The second-order valence-corrected chi connectivity index (χ2v) is 5.60. The van der Waals surface area contributed by atoms with Crippen LogP contribution in [0.3, 0.4) is 0 Å². The van der Waals surface area contributed by atoms with Crippen LogP contribution in [-0.4, -0.2) is 21.4 Å². The van der Waals surface area contributed by atoms with Gasteiger partial charge in [-0.2, -0.15) is 27.1 Å². The molecule has 0 aliphatic rings. The van der Waals surface area contributed by atoms with Crippen LogP contribution in [0.15, 0.2) is 30.3 Å². The smallest absolute Gasteiger partial charge is 0.417 e. The molecule has 24 heavy (non-hydrogen) atoms. The second-order valence-electron chi connectivity index (χ2n) is 4.62. The summed E-state index contributed by atoms with van der Waals surface area (Å²) in [4.78, 5) is 0. The van der Waals surface area contributed by atoms with E-state index in [1.165, 1.54) is 0 Å². The zero-order chi connectivity index (χ0) is 17.9. The van der Waals surface area contributed by atoms with Gasteiger partial charge in [0.05, 0.1) is 10.6 Å². The van der Waals surface area contributed by atoms with E-state index in [1.54, 1.807) is 30.3 Å². The Morgan fingerprint density at radius 3 is 2.46 bits per heavy atom. The molecule has 2 aromatic rings. The highest BCUT2D eigenvalue weighted by Crippen LogP contribution is 2.38. The lowest BCUT2D eigenvalue weighted by Crippen LogP contribution is -2.10. The van der Waals surface area contributed by atoms with Crippen molar-refractivity contribution in [3.63, 3.8) is 0 Å². The molecule has 1 heterocycles. The number of ether oxygens (including phenoxy) is 1. The van der Waals surface area contributed by atoms with Gasteiger partial charge in [-0.25, -0.2) is 4.68 Å². The fraction of sp³-hybridized carbons (Fsp3) is 0.286. The number of aryl methyl sites for hydroxylation is 1. The second kappa shape index (κ2) is 7.20. The van der Waals surface area contributed by atoms with E-state index in [0.29, 0.717) is 10.2 Å². The van der Waals surface area contributed by atoms with Crippen LogP contribution in [0.1, 0.15) is 16.8 Å². The number of nitrogens with zero attached hydrogens (tertiary/aromatic N) is 2. The molecule has 2 rings (SSSR count). The molecule has 4 nitrogen and oxygen atoms in total. The van der Waals surface area contributed by atoms with E-state index in [-0.39, 0.29) is 10.8 Å². The number of hydrogen-bond acceptors (Lipinski definition) is 4. The third-order valence-corrected chi connectivity index (χ3v) is 3.91. The number of alkyl halides is 5. The minimum atomic E-state index is -4.81. The zero-order valence-corrected chi connectivity index (χ0v) is 13.1. The standard InChI is InChI=1S/C14H12F5N3OS/c1-22-12(23-13(15)16)9(10(21-22)14(17,18)19)7-24-11(20)8-5-3-2-4-6-8/h2-6,13,20H,7H2,1H3. The Morgan fingerprint density at radius 1 is 1.29 bits per heavy atom. The third-order valence-electron chi connectivity index (χ3n) is 2.95. The number of benzene rings is 1. The summed E-state index contributed by atoms with van der Waals surface area (Å²) in [5, 5.41) is 11.1. The predicted octanol–water partition coefficient (Wildman–Crippen LogP) is 4.30. The molecule has 1 aromatic carbocycles. The number of halogens is 5. The number of nitrogens with one attached hydrogen (secondary N) is 1. The van der Waals surface area contributed by atoms with Crippen molar-refractivity contribution < 1.29 is 26.7 Å². The molecule has 0 unspecified atom stereocenters. The summed E-state index contributed by atoms with van der Waals surface area (Å²) in [5.41, 5.74) is -1.30. The number of thioether (sulfide) groups is 1. The van der Waals surface area contributed by atoms with Gasteiger partial charge < -0.3 is 4.74 Å². The van der Waals surface area contributed by atoms with Crippen molar-refractivity contribution in [2.75, 3.05) is 0 Å². The van der Waals surface area contributed by atoms with E-state index < -0.39 is 29.9 Å². The van der Waals surface area contributed by atoms with Gasteiger partial charge in [0.1, 0.15) is 0 Å². The summed E-state index contributed by atoms with van der Waals surface area (Å²) >= 11 is 0.773. The van der Waals surface area contributed by atoms with Crippen molar-refractivity contribution in [1.82, 2.24) is 9.78 Å². The molecule has 0 amide bonds. The number of rotatable bonds is 5. The Bertz CT molecular complexity index is 715. The first-order valence-electron chi connectivity index (χ1n) is 6.54. The Labute approximate surface area is 138 Å². The first-order valence-corrected chi connectivity index (χ1v) is 7.53. The molecular weight excluding hydrogens is 353 g/mol. The molecule has 0 radical (unpaired) electrons. The quantitative estimate of drug-likeness (QED) is 0.488. The van der Waals surface area contributed by atoms with Gasteiger partial charge in [0, 0.05) is 18.4 Å². The Morgan fingerprint density at radius 2 is 1.92 bits per heavy atom. The van der Waals surface area contributed by atoms with Crippen LogP contribution in [0.2, 0.25) is 0 Å². The van der Waals surface area contributed by atoms with Gasteiger partial charge in [-0.3, -0.25) is 5.41 Å². The van der Waals surface area contributed by atoms with Gasteiger partial charge in [-0.15, -0.1) is 11.8 Å². The monoisotopic (exact) mass is 365 g/mol. The Balaban J connectivity index is 2.28. The van der Waals surface area contributed by atoms with Crippen molar-refractivity contribution in [2.24, 2.45) is 7.05 Å². The topological polar surface area (TPSA) is 50.9 Å². The molecule has 10 heteroatoms. The molecule has 0 bridgehead atoms. The fourth-order valence-corrected chi connectivity index (χ4v) is 2.81. The van der Waals surface area contributed by atoms with Crippen molar-refractivity contribution in [2.45, 2.75) is 18.5 Å². The normalized spacial score (nSPS) is 11.8. The largest absolute Gasteiger partial charge is 0.435 e. The molecule has 130 valence electrons. The first-order chi connectivity index (χ1) is 11.2. The van der Waals surface area contributed by atoms with Gasteiger partial charge in [0.15, 0.2) is 5.69 Å². The van der Waals surface area contributed by atoms with E-state index in [9.17, 15) is 22.0 Å². The zero-order valence-electron chi connectivity index (χ0n) is 12.3. The molecule has 0 saturated carbocycles. The summed E-state index contributed by atoms with van der Waals surface area (Å²) in [5.74, 6) is -1.04. The van der Waals surface area contributed by atoms with E-state index in [0.717, 1.165) is 18.8 Å². The van der Waals surface area contributed by atoms with Gasteiger partial charge in [-0.05, 0) is 0 Å². The number of hydrogen-bond donors (Lipinski definition) is 1. The van der Waals surface area contributed by atoms with Crippen LogP contribution in [-0.2, 0) is 19.0 Å². The van der Waals surface area contributed by atoms with Gasteiger partial charge in [0.2, 0.25) is 5.88 Å². The maximum atomic E-state index is 13.0. The van der Waals surface area contributed by atoms with Crippen LogP contribution in [0.25, 0.3) is 0 Å². The van der Waals surface area contributed by atoms with Gasteiger partial charge >= 0.3 is 12.8 Å². The average Bonchev–Trinajstić information content (AvgIpc) is 2.82. The SMILES string of the molecule is Cn1nc(C(F)(F)F)c(CSC(=N)c2ccccc2)c1OC(F)F. The van der Waals surface area contributed by atoms with E-state index in [4.69, 9.17) is 5.41 Å². The molecule has 0 aliphatic heterocycles. The first kappa shape index (κ1) is 18.2. The molecule has 0 spiro atoms. The fourth-order valence-electron chi connectivity index (χ4n) is 1.96. The van der Waals surface area contributed by atoms with Gasteiger partial charge in [0.25, 0.3) is 0 Å². The summed E-state index contributed by atoms with van der Waals surface area (Å²) in [6.07, 6.45) is -4.81. The Hall–Kier alpha value is -2.10. The average molecular weight is 365 g/mol. The summed E-state index contributed by atoms with van der Waals surface area (Å²) in [7, 11) is 1.09. The third kappa shape index (κ3) is 4.25. The lowest BCUT2D eigenvalue weighted by atomic mass is 10.2. The number of aromatic nitrogens is 2. The van der Waals surface area contributed by atoms with Crippen LogP contribution < -0.4 is 4.74 Å². The Kier molecular flexibility index (Phi) is 5.47. The molecule has 1 aromatic heterocycles. The summed E-state index contributed by atoms with van der Waals surface area (Å²) in [6, 6.07) is 8.35. The molecule has 0 saturated heterocycles. The molecular formula is C14H12F5N3OS. The summed E-state index contributed by atoms with van der Waals surface area (Å²) in [6.45, 7) is -3.28. The van der Waals surface area contributed by atoms with Crippen LogP contribution >= 0.6 is 11.8 Å². The van der Waals surface area contributed by atoms with E-state index in [1.807, 2.05) is 0 Å². The van der Waals surface area contributed by atoms with Crippen LogP contribution in [0.5, 0.6) is 5.88 Å². The highest BCUT2D eigenvalue weighted by atomic mass is 32.2. The minimum Gasteiger partial charge on any atom is -0.417 e. The predicted molar refractivity (Wildman–Crippen MR) is 79.4 cm³/mol. The molecule has 0 atom stereocenters.